The molecular weight excluding hydrogens is 204 g/mol. The predicted molar refractivity (Wildman–Crippen MR) is 60.5 cm³/mol. The minimum absolute atomic E-state index is 0.129. The molecule has 0 aliphatic carbocycles. The molecule has 0 bridgehead atoms. The minimum atomic E-state index is -0.129. The van der Waals surface area contributed by atoms with E-state index in [0.717, 1.165) is 17.0 Å². The largest absolute Gasteiger partial charge is 0.496 e. The van der Waals surface area contributed by atoms with Crippen LogP contribution in [-0.2, 0) is 0 Å². The molecule has 0 saturated heterocycles. The molecule has 16 heavy (non-hydrogen) atoms. The van der Waals surface area contributed by atoms with Crippen molar-refractivity contribution in [3.05, 3.63) is 36.4 Å². The highest BCUT2D eigenvalue weighted by Gasteiger charge is 2.14. The Morgan fingerprint density at radius 3 is 2.81 bits per heavy atom. The molecule has 1 aromatic carbocycles. The molecule has 0 saturated carbocycles. The van der Waals surface area contributed by atoms with Gasteiger partial charge in [-0.15, -0.1) is 0 Å². The zero-order valence-corrected chi connectivity index (χ0v) is 9.29. The van der Waals surface area contributed by atoms with E-state index >= 15 is 0 Å². The van der Waals surface area contributed by atoms with Crippen LogP contribution < -0.4 is 10.5 Å². The van der Waals surface area contributed by atoms with E-state index in [0.29, 0.717) is 0 Å². The van der Waals surface area contributed by atoms with Crippen molar-refractivity contribution < 1.29 is 4.74 Å². The minimum Gasteiger partial charge on any atom is -0.496 e. The van der Waals surface area contributed by atoms with Crippen LogP contribution in [0.2, 0.25) is 0 Å². The summed E-state index contributed by atoms with van der Waals surface area (Å²) in [4.78, 5) is 3.92. The number of methoxy groups -OCH3 is 1. The van der Waals surface area contributed by atoms with Crippen molar-refractivity contribution in [1.29, 1.82) is 0 Å². The summed E-state index contributed by atoms with van der Waals surface area (Å²) in [7, 11) is 1.63. The third-order valence-electron chi connectivity index (χ3n) is 2.38. The number of benzene rings is 1. The van der Waals surface area contributed by atoms with Crippen molar-refractivity contribution in [2.45, 2.75) is 13.0 Å². The van der Waals surface area contributed by atoms with E-state index in [-0.39, 0.29) is 6.04 Å². The summed E-state index contributed by atoms with van der Waals surface area (Å²) in [5.41, 5.74) is 7.78. The number of nitrogens with two attached hydrogens (primary N) is 1. The normalized spacial score (nSPS) is 12.4. The molecule has 0 radical (unpaired) electrons. The van der Waals surface area contributed by atoms with Gasteiger partial charge in [-0.3, -0.25) is 0 Å². The van der Waals surface area contributed by atoms with Gasteiger partial charge in [-0.1, -0.05) is 6.07 Å². The predicted octanol–water partition coefficient (Wildman–Crippen LogP) is 1.30. The summed E-state index contributed by atoms with van der Waals surface area (Å²) in [6.45, 7) is 1.91. The van der Waals surface area contributed by atoms with E-state index in [4.69, 9.17) is 10.5 Å². The molecule has 0 aliphatic heterocycles. The molecule has 0 fully saturated rings. The van der Waals surface area contributed by atoms with Crippen LogP contribution in [-0.4, -0.2) is 21.9 Å². The molecule has 0 unspecified atom stereocenters. The van der Waals surface area contributed by atoms with Gasteiger partial charge in [-0.2, -0.15) is 5.10 Å². The highest BCUT2D eigenvalue weighted by molar-refractivity contribution is 5.50. The first-order valence-electron chi connectivity index (χ1n) is 5.01. The van der Waals surface area contributed by atoms with Crippen molar-refractivity contribution in [1.82, 2.24) is 14.8 Å². The lowest BCUT2D eigenvalue weighted by molar-refractivity contribution is 0.406. The van der Waals surface area contributed by atoms with Gasteiger partial charge in [0.15, 0.2) is 0 Å². The van der Waals surface area contributed by atoms with Crippen molar-refractivity contribution >= 4 is 0 Å². The first-order valence-corrected chi connectivity index (χ1v) is 5.01. The van der Waals surface area contributed by atoms with E-state index in [1.807, 2.05) is 25.1 Å². The second-order valence-electron chi connectivity index (χ2n) is 3.52. The molecule has 5 nitrogen and oxygen atoms in total. The quantitative estimate of drug-likeness (QED) is 0.843. The SMILES string of the molecule is COc1cccc(-n2cncn2)c1[C@@H](C)N. The Morgan fingerprint density at radius 1 is 1.44 bits per heavy atom. The van der Waals surface area contributed by atoms with Gasteiger partial charge in [0, 0.05) is 11.6 Å². The van der Waals surface area contributed by atoms with Crippen LogP contribution >= 0.6 is 0 Å². The highest BCUT2D eigenvalue weighted by Crippen LogP contribution is 2.29. The van der Waals surface area contributed by atoms with E-state index in [9.17, 15) is 0 Å². The van der Waals surface area contributed by atoms with Gasteiger partial charge in [0.1, 0.15) is 18.4 Å². The Kier molecular flexibility index (Phi) is 2.87. The lowest BCUT2D eigenvalue weighted by Crippen LogP contribution is -2.11. The van der Waals surface area contributed by atoms with Crippen LogP contribution in [0.25, 0.3) is 5.69 Å². The van der Waals surface area contributed by atoms with Crippen LogP contribution in [0.5, 0.6) is 5.75 Å². The maximum Gasteiger partial charge on any atom is 0.138 e. The van der Waals surface area contributed by atoms with Gasteiger partial charge in [0.05, 0.1) is 12.8 Å². The van der Waals surface area contributed by atoms with Gasteiger partial charge in [-0.05, 0) is 19.1 Å². The van der Waals surface area contributed by atoms with Crippen LogP contribution in [0, 0.1) is 0 Å². The molecule has 0 aliphatic rings. The maximum atomic E-state index is 5.96. The molecule has 0 amide bonds. The Hall–Kier alpha value is -1.88. The average Bonchev–Trinajstić information content (AvgIpc) is 2.81. The monoisotopic (exact) mass is 218 g/mol. The molecule has 2 aromatic rings. The van der Waals surface area contributed by atoms with Gasteiger partial charge in [-0.25, -0.2) is 9.67 Å². The summed E-state index contributed by atoms with van der Waals surface area (Å²) < 4.78 is 6.99. The summed E-state index contributed by atoms with van der Waals surface area (Å²) >= 11 is 0. The average molecular weight is 218 g/mol. The number of nitrogens with zero attached hydrogens (tertiary/aromatic N) is 3. The van der Waals surface area contributed by atoms with Gasteiger partial charge in [0.25, 0.3) is 0 Å². The topological polar surface area (TPSA) is 66.0 Å². The Labute approximate surface area is 93.9 Å². The zero-order valence-electron chi connectivity index (χ0n) is 9.29. The van der Waals surface area contributed by atoms with Crippen LogP contribution in [0.15, 0.2) is 30.9 Å². The Bertz CT molecular complexity index is 465. The summed E-state index contributed by atoms with van der Waals surface area (Å²) in [6, 6.07) is 5.60. The molecule has 2 rings (SSSR count). The second kappa shape index (κ2) is 4.32. The van der Waals surface area contributed by atoms with Crippen molar-refractivity contribution in [2.24, 2.45) is 5.73 Å². The third kappa shape index (κ3) is 1.77. The third-order valence-corrected chi connectivity index (χ3v) is 2.38. The maximum absolute atomic E-state index is 5.96. The van der Waals surface area contributed by atoms with Crippen LogP contribution in [0.3, 0.4) is 0 Å². The van der Waals surface area contributed by atoms with Crippen LogP contribution in [0.4, 0.5) is 0 Å². The van der Waals surface area contributed by atoms with E-state index in [1.54, 1.807) is 18.1 Å². The summed E-state index contributed by atoms with van der Waals surface area (Å²) in [5.74, 6) is 0.767. The van der Waals surface area contributed by atoms with Crippen LogP contribution in [0.1, 0.15) is 18.5 Å². The first kappa shape index (κ1) is 10.6. The number of hydrogen-bond donors (Lipinski definition) is 1. The van der Waals surface area contributed by atoms with Crippen molar-refractivity contribution in [3.63, 3.8) is 0 Å². The van der Waals surface area contributed by atoms with Gasteiger partial charge >= 0.3 is 0 Å². The summed E-state index contributed by atoms with van der Waals surface area (Å²) in [5, 5.41) is 4.10. The fraction of sp³-hybridized carbons (Fsp3) is 0.273. The second-order valence-corrected chi connectivity index (χ2v) is 3.52. The van der Waals surface area contributed by atoms with E-state index in [2.05, 4.69) is 10.1 Å². The number of hydrogen-bond acceptors (Lipinski definition) is 4. The van der Waals surface area contributed by atoms with Gasteiger partial charge in [0.2, 0.25) is 0 Å². The number of ether oxygens (including phenoxy) is 1. The molecule has 0 spiro atoms. The number of aromatic nitrogens is 3. The van der Waals surface area contributed by atoms with E-state index in [1.165, 1.54) is 6.33 Å². The van der Waals surface area contributed by atoms with Crippen molar-refractivity contribution in [2.75, 3.05) is 7.11 Å². The van der Waals surface area contributed by atoms with Crippen molar-refractivity contribution in [3.8, 4) is 11.4 Å². The molecule has 1 heterocycles. The lowest BCUT2D eigenvalue weighted by Gasteiger charge is -2.16. The number of rotatable bonds is 3. The molecule has 1 atom stereocenters. The lowest BCUT2D eigenvalue weighted by atomic mass is 10.1. The highest BCUT2D eigenvalue weighted by atomic mass is 16.5. The molecular formula is C11H14N4O. The van der Waals surface area contributed by atoms with E-state index < -0.39 is 0 Å². The fourth-order valence-electron chi connectivity index (χ4n) is 1.70. The van der Waals surface area contributed by atoms with Gasteiger partial charge < -0.3 is 10.5 Å². The molecule has 1 aromatic heterocycles. The smallest absolute Gasteiger partial charge is 0.138 e. The fourth-order valence-corrected chi connectivity index (χ4v) is 1.70. The molecule has 2 N–H and O–H groups in total. The summed E-state index contributed by atoms with van der Waals surface area (Å²) in [6.07, 6.45) is 3.13. The first-order chi connectivity index (χ1) is 7.74. The standard InChI is InChI=1S/C11H14N4O/c1-8(12)11-9(15-7-13-6-14-15)4-3-5-10(11)16-2/h3-8H,12H2,1-2H3/t8-/m1/s1. The molecule has 84 valence electrons. The molecule has 5 heteroatoms. The Balaban J connectivity index is 2.61. The Morgan fingerprint density at radius 2 is 2.25 bits per heavy atom. The zero-order chi connectivity index (χ0) is 11.5.